The van der Waals surface area contributed by atoms with E-state index >= 15 is 0 Å². The van der Waals surface area contributed by atoms with Gasteiger partial charge >= 0.3 is 0 Å². The van der Waals surface area contributed by atoms with Crippen molar-refractivity contribution in [3.63, 3.8) is 0 Å². The summed E-state index contributed by atoms with van der Waals surface area (Å²) >= 11 is 4.98. The van der Waals surface area contributed by atoms with Crippen molar-refractivity contribution in [1.82, 2.24) is 4.90 Å². The summed E-state index contributed by atoms with van der Waals surface area (Å²) in [5.41, 5.74) is 6.95. The van der Waals surface area contributed by atoms with Gasteiger partial charge in [-0.05, 0) is 26.1 Å². The number of amides is 1. The molecule has 1 atom stereocenters. The molecule has 0 aliphatic carbocycles. The van der Waals surface area contributed by atoms with Gasteiger partial charge in [-0.25, -0.2) is 0 Å². The average Bonchev–Trinajstić information content (AvgIpc) is 2.44. The average molecular weight is 295 g/mol. The fraction of sp³-hybridized carbons (Fsp3) is 0.429. The quantitative estimate of drug-likeness (QED) is 0.741. The number of anilines is 1. The molecule has 5 nitrogen and oxygen atoms in total. The highest BCUT2D eigenvalue weighted by molar-refractivity contribution is 7.80. The first-order valence-corrected chi connectivity index (χ1v) is 6.77. The van der Waals surface area contributed by atoms with Gasteiger partial charge in [-0.2, -0.15) is 0 Å². The topological polar surface area (TPSA) is 67.6 Å². The molecule has 0 fully saturated rings. The molecular weight excluding hydrogens is 274 g/mol. The van der Waals surface area contributed by atoms with Gasteiger partial charge in [0.05, 0.1) is 18.3 Å². The highest BCUT2D eigenvalue weighted by atomic mass is 32.1. The summed E-state index contributed by atoms with van der Waals surface area (Å²) in [6, 6.07) is 6.96. The van der Waals surface area contributed by atoms with Gasteiger partial charge in [-0.15, -0.1) is 0 Å². The maximum Gasteiger partial charge on any atom is 0.241 e. The van der Waals surface area contributed by atoms with Crippen LogP contribution >= 0.6 is 12.2 Å². The Hall–Kier alpha value is -1.50. The van der Waals surface area contributed by atoms with Crippen molar-refractivity contribution in [2.24, 2.45) is 5.73 Å². The second-order valence-corrected chi connectivity index (χ2v) is 4.99. The van der Waals surface area contributed by atoms with Gasteiger partial charge in [0, 0.05) is 19.2 Å². The number of nitrogens with one attached hydrogen (secondary N) is 1. The number of likely N-dealkylation sites (N-methyl/N-ethyl adjacent to an activating group) is 1. The summed E-state index contributed by atoms with van der Waals surface area (Å²) in [6.07, 6.45) is 0. The largest absolute Gasteiger partial charge is 0.389 e. The predicted octanol–water partition coefficient (Wildman–Crippen LogP) is 1.23. The Balaban J connectivity index is 2.73. The summed E-state index contributed by atoms with van der Waals surface area (Å²) in [5.74, 6) is -0.104. The van der Waals surface area contributed by atoms with Crippen molar-refractivity contribution >= 4 is 28.8 Å². The predicted molar refractivity (Wildman–Crippen MR) is 84.9 cm³/mol. The van der Waals surface area contributed by atoms with Crippen molar-refractivity contribution in [2.75, 3.05) is 32.6 Å². The Morgan fingerprint density at radius 1 is 1.50 bits per heavy atom. The molecule has 1 rings (SSSR count). The van der Waals surface area contributed by atoms with Gasteiger partial charge in [-0.1, -0.05) is 24.4 Å². The van der Waals surface area contributed by atoms with Crippen LogP contribution < -0.4 is 11.1 Å². The molecule has 0 aromatic heterocycles. The van der Waals surface area contributed by atoms with Crippen molar-refractivity contribution < 1.29 is 9.53 Å². The van der Waals surface area contributed by atoms with Crippen LogP contribution in [0.15, 0.2) is 24.3 Å². The van der Waals surface area contributed by atoms with Gasteiger partial charge in [0.15, 0.2) is 0 Å². The van der Waals surface area contributed by atoms with Crippen LogP contribution in [0.3, 0.4) is 0 Å². The Bertz CT molecular complexity index is 479. The molecule has 0 saturated heterocycles. The van der Waals surface area contributed by atoms with Crippen molar-refractivity contribution in [3.05, 3.63) is 29.8 Å². The number of carbonyl (C=O) groups excluding carboxylic acids is 1. The van der Waals surface area contributed by atoms with Crippen LogP contribution in [-0.2, 0) is 9.53 Å². The number of nitrogens with zero attached hydrogens (tertiary/aromatic N) is 1. The lowest BCUT2D eigenvalue weighted by atomic mass is 10.1. The minimum atomic E-state index is -0.274. The standard InChI is InChI=1S/C14H21N3O2S/c1-10(17(2)8-9-19-3)14(18)16-12-7-5-4-6-11(12)13(15)20/h4-7,10H,8-9H2,1-3H3,(H2,15,20)(H,16,18). The van der Waals surface area contributed by atoms with Gasteiger partial charge in [0.1, 0.15) is 4.99 Å². The normalized spacial score (nSPS) is 12.2. The van der Waals surface area contributed by atoms with Crippen molar-refractivity contribution in [2.45, 2.75) is 13.0 Å². The number of nitrogens with two attached hydrogens (primary N) is 1. The number of ether oxygens (including phenoxy) is 1. The van der Waals surface area contributed by atoms with E-state index in [9.17, 15) is 4.79 Å². The molecule has 1 aromatic rings. The molecule has 0 heterocycles. The number of thiocarbonyl (C=S) groups is 1. The van der Waals surface area contributed by atoms with E-state index in [4.69, 9.17) is 22.7 Å². The van der Waals surface area contributed by atoms with Crippen LogP contribution in [0.2, 0.25) is 0 Å². The summed E-state index contributed by atoms with van der Waals surface area (Å²) in [7, 11) is 3.51. The van der Waals surface area contributed by atoms with Gasteiger partial charge in [0.2, 0.25) is 5.91 Å². The number of benzene rings is 1. The summed E-state index contributed by atoms with van der Waals surface area (Å²) < 4.78 is 5.00. The monoisotopic (exact) mass is 295 g/mol. The van der Waals surface area contributed by atoms with Crippen LogP contribution in [0, 0.1) is 0 Å². The molecule has 0 aliphatic rings. The van der Waals surface area contributed by atoms with E-state index in [-0.39, 0.29) is 16.9 Å². The maximum absolute atomic E-state index is 12.2. The minimum Gasteiger partial charge on any atom is -0.389 e. The van der Waals surface area contributed by atoms with E-state index in [1.165, 1.54) is 0 Å². The molecule has 3 N–H and O–H groups in total. The molecule has 0 aliphatic heterocycles. The molecule has 0 spiro atoms. The first kappa shape index (κ1) is 16.6. The van der Waals surface area contributed by atoms with E-state index in [1.54, 1.807) is 19.2 Å². The molecular formula is C14H21N3O2S. The lowest BCUT2D eigenvalue weighted by Gasteiger charge is -2.23. The summed E-state index contributed by atoms with van der Waals surface area (Å²) in [6.45, 7) is 3.11. The lowest BCUT2D eigenvalue weighted by Crippen LogP contribution is -2.41. The number of hydrogen-bond donors (Lipinski definition) is 2. The Morgan fingerprint density at radius 3 is 2.75 bits per heavy atom. The second kappa shape index (κ2) is 7.94. The zero-order valence-corrected chi connectivity index (χ0v) is 12.9. The SMILES string of the molecule is COCCN(C)C(C)C(=O)Nc1ccccc1C(N)=S. The first-order chi connectivity index (χ1) is 9.47. The maximum atomic E-state index is 12.2. The molecule has 20 heavy (non-hydrogen) atoms. The summed E-state index contributed by atoms with van der Waals surface area (Å²) in [4.78, 5) is 14.4. The van der Waals surface area contributed by atoms with Crippen LogP contribution in [-0.4, -0.2) is 49.1 Å². The fourth-order valence-corrected chi connectivity index (χ4v) is 1.85. The smallest absolute Gasteiger partial charge is 0.241 e. The lowest BCUT2D eigenvalue weighted by molar-refractivity contribution is -0.120. The Kier molecular flexibility index (Phi) is 6.57. The van der Waals surface area contributed by atoms with Crippen LogP contribution in [0.25, 0.3) is 0 Å². The molecule has 0 radical (unpaired) electrons. The Labute approximate surface area is 125 Å². The summed E-state index contributed by atoms with van der Waals surface area (Å²) in [5, 5.41) is 2.86. The van der Waals surface area contributed by atoms with Crippen LogP contribution in [0.5, 0.6) is 0 Å². The number of para-hydroxylation sites is 1. The molecule has 1 amide bonds. The van der Waals surface area contributed by atoms with Gasteiger partial charge < -0.3 is 15.8 Å². The highest BCUT2D eigenvalue weighted by Gasteiger charge is 2.18. The molecule has 6 heteroatoms. The fourth-order valence-electron chi connectivity index (χ4n) is 1.67. The third-order valence-corrected chi connectivity index (χ3v) is 3.36. The van der Waals surface area contributed by atoms with Crippen LogP contribution in [0.4, 0.5) is 5.69 Å². The Morgan fingerprint density at radius 2 is 2.15 bits per heavy atom. The third-order valence-electron chi connectivity index (χ3n) is 3.14. The van der Waals surface area contributed by atoms with E-state index in [0.717, 1.165) is 0 Å². The third kappa shape index (κ3) is 4.56. The van der Waals surface area contributed by atoms with E-state index in [1.807, 2.05) is 31.0 Å². The number of rotatable bonds is 7. The highest BCUT2D eigenvalue weighted by Crippen LogP contribution is 2.15. The zero-order chi connectivity index (χ0) is 15.1. The van der Waals surface area contributed by atoms with Gasteiger partial charge in [0.25, 0.3) is 0 Å². The van der Waals surface area contributed by atoms with E-state index < -0.39 is 0 Å². The molecule has 110 valence electrons. The first-order valence-electron chi connectivity index (χ1n) is 6.36. The van der Waals surface area contributed by atoms with E-state index in [0.29, 0.717) is 24.4 Å². The van der Waals surface area contributed by atoms with Gasteiger partial charge in [-0.3, -0.25) is 9.69 Å². The molecule has 1 unspecified atom stereocenters. The zero-order valence-electron chi connectivity index (χ0n) is 12.1. The molecule has 0 saturated carbocycles. The number of carbonyl (C=O) groups is 1. The number of methoxy groups -OCH3 is 1. The second-order valence-electron chi connectivity index (χ2n) is 4.55. The number of hydrogen-bond acceptors (Lipinski definition) is 4. The minimum absolute atomic E-state index is 0.104. The van der Waals surface area contributed by atoms with Crippen molar-refractivity contribution in [3.8, 4) is 0 Å². The van der Waals surface area contributed by atoms with Crippen molar-refractivity contribution in [1.29, 1.82) is 0 Å². The van der Waals surface area contributed by atoms with Crippen LogP contribution in [0.1, 0.15) is 12.5 Å². The molecule has 0 bridgehead atoms. The molecule has 1 aromatic carbocycles. The van der Waals surface area contributed by atoms with E-state index in [2.05, 4.69) is 5.32 Å².